The first kappa shape index (κ1) is 20.0. The third-order valence-electron chi connectivity index (χ3n) is 4.41. The number of benzene rings is 1. The van der Waals surface area contributed by atoms with Gasteiger partial charge < -0.3 is 9.84 Å². The fourth-order valence-corrected chi connectivity index (χ4v) is 4.15. The van der Waals surface area contributed by atoms with E-state index in [1.165, 1.54) is 17.0 Å². The van der Waals surface area contributed by atoms with Gasteiger partial charge in [0.2, 0.25) is 0 Å². The lowest BCUT2D eigenvalue weighted by atomic mass is 10.2. The van der Waals surface area contributed by atoms with E-state index in [4.69, 9.17) is 16.3 Å². The molecule has 0 amide bonds. The van der Waals surface area contributed by atoms with E-state index in [1.807, 2.05) is 6.07 Å². The predicted molar refractivity (Wildman–Crippen MR) is 106 cm³/mol. The second kappa shape index (κ2) is 9.48. The van der Waals surface area contributed by atoms with Crippen LogP contribution in [0, 0.1) is 10.1 Å². The highest BCUT2D eigenvalue weighted by molar-refractivity contribution is 7.16. The standard InChI is InChI=1S/C18H22ClN3O4S/c19-18-5-4-17(27-18)12-21-8-6-20(7-9-21)11-15(23)13-26-16-3-1-2-14(10-16)22(24)25/h1-5,10,15,23H,6-9,11-13H2/t15-/m0/s1. The van der Waals surface area contributed by atoms with E-state index >= 15 is 0 Å². The molecule has 0 bridgehead atoms. The summed E-state index contributed by atoms with van der Waals surface area (Å²) in [5, 5.41) is 21.0. The van der Waals surface area contributed by atoms with Crippen molar-refractivity contribution >= 4 is 28.6 Å². The quantitative estimate of drug-likeness (QED) is 0.531. The molecule has 146 valence electrons. The number of ether oxygens (including phenoxy) is 1. The highest BCUT2D eigenvalue weighted by Crippen LogP contribution is 2.23. The molecule has 1 N–H and O–H groups in total. The lowest BCUT2D eigenvalue weighted by Gasteiger charge is -2.35. The van der Waals surface area contributed by atoms with Gasteiger partial charge in [0.15, 0.2) is 0 Å². The molecular formula is C18H22ClN3O4S. The van der Waals surface area contributed by atoms with Crippen molar-refractivity contribution < 1.29 is 14.8 Å². The van der Waals surface area contributed by atoms with Crippen molar-refractivity contribution in [1.29, 1.82) is 0 Å². The first-order valence-electron chi connectivity index (χ1n) is 8.74. The van der Waals surface area contributed by atoms with Crippen LogP contribution in [0.3, 0.4) is 0 Å². The van der Waals surface area contributed by atoms with Crippen LogP contribution < -0.4 is 4.74 Å². The summed E-state index contributed by atoms with van der Waals surface area (Å²) in [6, 6.07) is 9.98. The van der Waals surface area contributed by atoms with Crippen LogP contribution in [-0.4, -0.2) is 65.3 Å². The molecular weight excluding hydrogens is 390 g/mol. The Kier molecular flexibility index (Phi) is 7.03. The number of nitro benzene ring substituents is 1. The molecule has 1 fully saturated rings. The van der Waals surface area contributed by atoms with Crippen LogP contribution >= 0.6 is 22.9 Å². The third-order valence-corrected chi connectivity index (χ3v) is 5.63. The number of aliphatic hydroxyl groups excluding tert-OH is 1. The van der Waals surface area contributed by atoms with E-state index in [1.54, 1.807) is 23.5 Å². The zero-order valence-corrected chi connectivity index (χ0v) is 16.4. The SMILES string of the molecule is O=[N+]([O-])c1cccc(OC[C@@H](O)CN2CCN(Cc3ccc(Cl)s3)CC2)c1. The molecule has 1 aliphatic heterocycles. The van der Waals surface area contributed by atoms with Gasteiger partial charge in [-0.1, -0.05) is 17.7 Å². The van der Waals surface area contributed by atoms with Gasteiger partial charge in [0, 0.05) is 50.2 Å². The minimum atomic E-state index is -0.646. The molecule has 1 aromatic heterocycles. The number of halogens is 1. The van der Waals surface area contributed by atoms with Crippen LogP contribution in [0.5, 0.6) is 5.75 Å². The molecule has 3 rings (SSSR count). The largest absolute Gasteiger partial charge is 0.491 e. The second-order valence-corrected chi connectivity index (χ2v) is 8.30. The maximum atomic E-state index is 10.8. The third kappa shape index (κ3) is 6.15. The zero-order chi connectivity index (χ0) is 19.2. The van der Waals surface area contributed by atoms with Crippen molar-refractivity contribution in [2.75, 3.05) is 39.3 Å². The number of aliphatic hydroxyl groups is 1. The first-order chi connectivity index (χ1) is 13.0. The number of nitrogens with zero attached hydrogens (tertiary/aromatic N) is 3. The van der Waals surface area contributed by atoms with Crippen molar-refractivity contribution in [2.24, 2.45) is 0 Å². The smallest absolute Gasteiger partial charge is 0.273 e. The summed E-state index contributed by atoms with van der Waals surface area (Å²) in [5.74, 6) is 0.391. The van der Waals surface area contributed by atoms with Crippen molar-refractivity contribution in [3.63, 3.8) is 0 Å². The maximum absolute atomic E-state index is 10.8. The topological polar surface area (TPSA) is 79.1 Å². The number of non-ortho nitro benzene ring substituents is 1. The number of nitro groups is 1. The predicted octanol–water partition coefficient (Wildman–Crippen LogP) is 2.87. The normalized spacial score (nSPS) is 17.0. The van der Waals surface area contributed by atoms with Gasteiger partial charge in [-0.2, -0.15) is 0 Å². The van der Waals surface area contributed by atoms with Gasteiger partial charge in [-0.05, 0) is 18.2 Å². The van der Waals surface area contributed by atoms with Crippen LogP contribution in [0.4, 0.5) is 5.69 Å². The number of thiophene rings is 1. The highest BCUT2D eigenvalue weighted by Gasteiger charge is 2.20. The number of hydrogen-bond donors (Lipinski definition) is 1. The summed E-state index contributed by atoms with van der Waals surface area (Å²) in [4.78, 5) is 16.2. The second-order valence-electron chi connectivity index (χ2n) is 6.50. The summed E-state index contributed by atoms with van der Waals surface area (Å²) in [6.07, 6.45) is -0.646. The lowest BCUT2D eigenvalue weighted by Crippen LogP contribution is -2.48. The van der Waals surface area contributed by atoms with Gasteiger partial charge in [-0.15, -0.1) is 11.3 Å². The molecule has 0 aliphatic carbocycles. The average molecular weight is 412 g/mol. The van der Waals surface area contributed by atoms with Gasteiger partial charge in [-0.3, -0.25) is 19.9 Å². The minimum absolute atomic E-state index is 0.0230. The summed E-state index contributed by atoms with van der Waals surface area (Å²) in [5.41, 5.74) is -0.0230. The van der Waals surface area contributed by atoms with Gasteiger partial charge >= 0.3 is 0 Å². The molecule has 2 heterocycles. The Morgan fingerprint density at radius 1 is 1.22 bits per heavy atom. The lowest BCUT2D eigenvalue weighted by molar-refractivity contribution is -0.384. The Morgan fingerprint density at radius 2 is 1.96 bits per heavy atom. The summed E-state index contributed by atoms with van der Waals surface area (Å²) in [7, 11) is 0. The van der Waals surface area contributed by atoms with Crippen molar-refractivity contribution in [3.05, 3.63) is 55.7 Å². The molecule has 9 heteroatoms. The molecule has 27 heavy (non-hydrogen) atoms. The van der Waals surface area contributed by atoms with Crippen LogP contribution in [0.1, 0.15) is 4.88 Å². The van der Waals surface area contributed by atoms with E-state index in [2.05, 4.69) is 15.9 Å². The summed E-state index contributed by atoms with van der Waals surface area (Å²) >= 11 is 7.59. The Balaban J connectivity index is 1.38. The summed E-state index contributed by atoms with van der Waals surface area (Å²) < 4.78 is 6.32. The average Bonchev–Trinajstić information content (AvgIpc) is 3.06. The molecule has 0 spiro atoms. The monoisotopic (exact) mass is 411 g/mol. The number of rotatable bonds is 8. The van der Waals surface area contributed by atoms with Crippen LogP contribution in [0.2, 0.25) is 4.34 Å². The fraction of sp³-hybridized carbons (Fsp3) is 0.444. The molecule has 1 saturated heterocycles. The molecule has 1 aliphatic rings. The fourth-order valence-electron chi connectivity index (χ4n) is 3.02. The Hall–Kier alpha value is -1.71. The van der Waals surface area contributed by atoms with Crippen LogP contribution in [0.25, 0.3) is 0 Å². The van der Waals surface area contributed by atoms with Crippen molar-refractivity contribution in [3.8, 4) is 5.75 Å². The van der Waals surface area contributed by atoms with Gasteiger partial charge in [-0.25, -0.2) is 0 Å². The Bertz CT molecular complexity index is 765. The summed E-state index contributed by atoms with van der Waals surface area (Å²) in [6.45, 7) is 5.17. The number of piperazine rings is 1. The van der Waals surface area contributed by atoms with Crippen LogP contribution in [0.15, 0.2) is 36.4 Å². The van der Waals surface area contributed by atoms with E-state index in [0.29, 0.717) is 12.3 Å². The van der Waals surface area contributed by atoms with E-state index in [-0.39, 0.29) is 12.3 Å². The molecule has 7 nitrogen and oxygen atoms in total. The van der Waals surface area contributed by atoms with E-state index < -0.39 is 11.0 Å². The molecule has 0 saturated carbocycles. The number of β-amino-alcohol motifs (C(OH)–C–C–N with tert-alkyl or cyclic N) is 1. The first-order valence-corrected chi connectivity index (χ1v) is 9.93. The Morgan fingerprint density at radius 3 is 2.63 bits per heavy atom. The van der Waals surface area contributed by atoms with Gasteiger partial charge in [0.1, 0.15) is 18.5 Å². The molecule has 0 radical (unpaired) electrons. The highest BCUT2D eigenvalue weighted by atomic mass is 35.5. The van der Waals surface area contributed by atoms with Crippen molar-refractivity contribution in [2.45, 2.75) is 12.6 Å². The number of hydrogen-bond acceptors (Lipinski definition) is 7. The van der Waals surface area contributed by atoms with Gasteiger partial charge in [0.25, 0.3) is 5.69 Å². The van der Waals surface area contributed by atoms with Crippen LogP contribution in [-0.2, 0) is 6.54 Å². The molecule has 2 aromatic rings. The Labute approximate surface area is 166 Å². The van der Waals surface area contributed by atoms with Gasteiger partial charge in [0.05, 0.1) is 15.3 Å². The van der Waals surface area contributed by atoms with E-state index in [0.717, 1.165) is 37.1 Å². The van der Waals surface area contributed by atoms with Crippen molar-refractivity contribution in [1.82, 2.24) is 9.80 Å². The van der Waals surface area contributed by atoms with E-state index in [9.17, 15) is 15.2 Å². The minimum Gasteiger partial charge on any atom is -0.491 e. The zero-order valence-electron chi connectivity index (χ0n) is 14.8. The maximum Gasteiger partial charge on any atom is 0.273 e. The molecule has 0 unspecified atom stereocenters. The molecule has 1 aromatic carbocycles. The molecule has 1 atom stereocenters.